The van der Waals surface area contributed by atoms with E-state index in [1.165, 1.54) is 16.7 Å². The molecule has 0 spiro atoms. The second-order valence-corrected chi connectivity index (χ2v) is 5.41. The lowest BCUT2D eigenvalue weighted by Crippen LogP contribution is -2.22. The van der Waals surface area contributed by atoms with Crippen molar-refractivity contribution < 1.29 is 4.42 Å². The van der Waals surface area contributed by atoms with Gasteiger partial charge in [0.25, 0.3) is 0 Å². The molecule has 0 atom stereocenters. The van der Waals surface area contributed by atoms with Gasteiger partial charge in [-0.1, -0.05) is 38.1 Å². The van der Waals surface area contributed by atoms with Crippen LogP contribution in [0, 0.1) is 6.92 Å². The standard InChI is InChI=1S/C18H26N2O/c1-4-20(5-2)14-17-8-6-16(7-9-17)12-19-13-18-15(3)10-11-21-18/h6-11,19H,4-5,12-14H2,1-3H3. The van der Waals surface area contributed by atoms with Gasteiger partial charge in [0.1, 0.15) is 5.76 Å². The zero-order valence-corrected chi connectivity index (χ0v) is 13.4. The molecule has 0 radical (unpaired) electrons. The van der Waals surface area contributed by atoms with E-state index in [0.717, 1.165) is 38.5 Å². The largest absolute Gasteiger partial charge is 0.468 e. The molecule has 0 saturated carbocycles. The van der Waals surface area contributed by atoms with Gasteiger partial charge in [-0.2, -0.15) is 0 Å². The van der Waals surface area contributed by atoms with Gasteiger partial charge in [0.15, 0.2) is 0 Å². The first-order valence-corrected chi connectivity index (χ1v) is 7.76. The average molecular weight is 286 g/mol. The first-order chi connectivity index (χ1) is 10.2. The molecule has 1 aromatic heterocycles. The molecule has 1 N–H and O–H groups in total. The summed E-state index contributed by atoms with van der Waals surface area (Å²) in [6, 6.07) is 10.9. The van der Waals surface area contributed by atoms with Crippen LogP contribution in [-0.2, 0) is 19.6 Å². The van der Waals surface area contributed by atoms with Gasteiger partial charge in [0.05, 0.1) is 12.8 Å². The number of nitrogens with zero attached hydrogens (tertiary/aromatic N) is 1. The number of rotatable bonds is 8. The fourth-order valence-electron chi connectivity index (χ4n) is 2.37. The Morgan fingerprint density at radius 3 is 2.19 bits per heavy atom. The number of hydrogen-bond acceptors (Lipinski definition) is 3. The van der Waals surface area contributed by atoms with Gasteiger partial charge in [-0.05, 0) is 42.8 Å². The fourth-order valence-corrected chi connectivity index (χ4v) is 2.37. The number of benzene rings is 1. The van der Waals surface area contributed by atoms with Crippen molar-refractivity contribution >= 4 is 0 Å². The van der Waals surface area contributed by atoms with Crippen molar-refractivity contribution in [3.8, 4) is 0 Å². The molecule has 2 rings (SSSR count). The maximum Gasteiger partial charge on any atom is 0.120 e. The summed E-state index contributed by atoms with van der Waals surface area (Å²) in [7, 11) is 0. The minimum absolute atomic E-state index is 0.778. The van der Waals surface area contributed by atoms with E-state index in [4.69, 9.17) is 4.42 Å². The van der Waals surface area contributed by atoms with Crippen molar-refractivity contribution in [3.63, 3.8) is 0 Å². The van der Waals surface area contributed by atoms with Gasteiger partial charge in [-0.25, -0.2) is 0 Å². The molecule has 0 aliphatic rings. The molecule has 0 aliphatic heterocycles. The van der Waals surface area contributed by atoms with Gasteiger partial charge >= 0.3 is 0 Å². The molecule has 21 heavy (non-hydrogen) atoms. The summed E-state index contributed by atoms with van der Waals surface area (Å²) in [5.41, 5.74) is 3.89. The summed E-state index contributed by atoms with van der Waals surface area (Å²) in [6.45, 7) is 11.4. The fraction of sp³-hybridized carbons (Fsp3) is 0.444. The lowest BCUT2D eigenvalue weighted by Gasteiger charge is -2.18. The zero-order valence-electron chi connectivity index (χ0n) is 13.4. The summed E-state index contributed by atoms with van der Waals surface area (Å²) in [5, 5.41) is 3.42. The van der Waals surface area contributed by atoms with E-state index in [1.807, 2.05) is 6.07 Å². The number of nitrogens with one attached hydrogen (secondary N) is 1. The van der Waals surface area contributed by atoms with Crippen LogP contribution in [0.15, 0.2) is 41.0 Å². The Bertz CT molecular complexity index is 526. The molecule has 0 saturated heterocycles. The molecule has 0 fully saturated rings. The highest BCUT2D eigenvalue weighted by molar-refractivity contribution is 5.22. The maximum absolute atomic E-state index is 5.42. The van der Waals surface area contributed by atoms with Crippen molar-refractivity contribution in [2.75, 3.05) is 13.1 Å². The molecule has 3 nitrogen and oxygen atoms in total. The van der Waals surface area contributed by atoms with Crippen LogP contribution in [0.5, 0.6) is 0 Å². The van der Waals surface area contributed by atoms with Crippen molar-refractivity contribution in [1.29, 1.82) is 0 Å². The van der Waals surface area contributed by atoms with Crippen LogP contribution in [0.2, 0.25) is 0 Å². The molecule has 0 bridgehead atoms. The van der Waals surface area contributed by atoms with Crippen molar-refractivity contribution in [1.82, 2.24) is 10.2 Å². The molecule has 0 aliphatic carbocycles. The molecular formula is C18H26N2O. The van der Waals surface area contributed by atoms with E-state index < -0.39 is 0 Å². The molecule has 2 aromatic rings. The Morgan fingerprint density at radius 2 is 1.62 bits per heavy atom. The molecular weight excluding hydrogens is 260 g/mol. The zero-order chi connectivity index (χ0) is 15.1. The Morgan fingerprint density at radius 1 is 0.952 bits per heavy atom. The maximum atomic E-state index is 5.42. The van der Waals surface area contributed by atoms with E-state index >= 15 is 0 Å². The second kappa shape index (κ2) is 8.01. The van der Waals surface area contributed by atoms with Crippen LogP contribution in [0.3, 0.4) is 0 Å². The van der Waals surface area contributed by atoms with Crippen molar-refractivity contribution in [2.45, 2.75) is 40.4 Å². The molecule has 114 valence electrons. The van der Waals surface area contributed by atoms with Crippen molar-refractivity contribution in [3.05, 3.63) is 59.0 Å². The molecule has 1 aromatic carbocycles. The van der Waals surface area contributed by atoms with E-state index in [0.29, 0.717) is 0 Å². The van der Waals surface area contributed by atoms with Gasteiger partial charge in [-0.3, -0.25) is 4.90 Å². The third-order valence-electron chi connectivity index (χ3n) is 3.91. The lowest BCUT2D eigenvalue weighted by atomic mass is 10.1. The topological polar surface area (TPSA) is 28.4 Å². The quantitative estimate of drug-likeness (QED) is 0.801. The minimum Gasteiger partial charge on any atom is -0.468 e. The highest BCUT2D eigenvalue weighted by Gasteiger charge is 2.03. The monoisotopic (exact) mass is 286 g/mol. The van der Waals surface area contributed by atoms with Crippen LogP contribution in [0.25, 0.3) is 0 Å². The minimum atomic E-state index is 0.778. The lowest BCUT2D eigenvalue weighted by molar-refractivity contribution is 0.296. The SMILES string of the molecule is CCN(CC)Cc1ccc(CNCc2occc2C)cc1. The Balaban J connectivity index is 1.81. The summed E-state index contributed by atoms with van der Waals surface area (Å²) >= 11 is 0. The Labute approximate surface area is 128 Å². The third-order valence-corrected chi connectivity index (χ3v) is 3.91. The Kier molecular flexibility index (Phi) is 6.03. The smallest absolute Gasteiger partial charge is 0.120 e. The van der Waals surface area contributed by atoms with Crippen LogP contribution in [-0.4, -0.2) is 18.0 Å². The summed E-state index contributed by atoms with van der Waals surface area (Å²) in [6.07, 6.45) is 1.74. The highest BCUT2D eigenvalue weighted by Crippen LogP contribution is 2.10. The normalized spacial score (nSPS) is 11.2. The van der Waals surface area contributed by atoms with E-state index in [-0.39, 0.29) is 0 Å². The number of hydrogen-bond donors (Lipinski definition) is 1. The van der Waals surface area contributed by atoms with Gasteiger partial charge in [0, 0.05) is 13.1 Å². The predicted octanol–water partition coefficient (Wildman–Crippen LogP) is 3.72. The van der Waals surface area contributed by atoms with Crippen molar-refractivity contribution in [2.24, 2.45) is 0 Å². The van der Waals surface area contributed by atoms with E-state index in [2.05, 4.69) is 55.3 Å². The van der Waals surface area contributed by atoms with Crippen LogP contribution < -0.4 is 5.32 Å². The van der Waals surface area contributed by atoms with Gasteiger partial charge in [0.2, 0.25) is 0 Å². The van der Waals surface area contributed by atoms with Crippen LogP contribution >= 0.6 is 0 Å². The van der Waals surface area contributed by atoms with Gasteiger partial charge < -0.3 is 9.73 Å². The van der Waals surface area contributed by atoms with Crippen LogP contribution in [0.1, 0.15) is 36.3 Å². The van der Waals surface area contributed by atoms with Crippen LogP contribution in [0.4, 0.5) is 0 Å². The molecule has 0 amide bonds. The number of furan rings is 1. The second-order valence-electron chi connectivity index (χ2n) is 5.41. The molecule has 0 unspecified atom stereocenters. The Hall–Kier alpha value is -1.58. The van der Waals surface area contributed by atoms with Gasteiger partial charge in [-0.15, -0.1) is 0 Å². The van der Waals surface area contributed by atoms with E-state index in [1.54, 1.807) is 6.26 Å². The predicted molar refractivity (Wildman–Crippen MR) is 87.1 cm³/mol. The third kappa shape index (κ3) is 4.73. The average Bonchev–Trinajstić information content (AvgIpc) is 2.92. The first-order valence-electron chi connectivity index (χ1n) is 7.76. The summed E-state index contributed by atoms with van der Waals surface area (Å²) in [5.74, 6) is 1.02. The molecule has 1 heterocycles. The first kappa shape index (κ1) is 15.8. The summed E-state index contributed by atoms with van der Waals surface area (Å²) < 4.78 is 5.42. The summed E-state index contributed by atoms with van der Waals surface area (Å²) in [4.78, 5) is 2.42. The number of aryl methyl sites for hydroxylation is 1. The highest BCUT2D eigenvalue weighted by atomic mass is 16.3. The van der Waals surface area contributed by atoms with E-state index in [9.17, 15) is 0 Å². The molecule has 3 heteroatoms.